The Balaban J connectivity index is 2.04. The fourth-order valence-corrected chi connectivity index (χ4v) is 2.23. The molecular weight excluding hydrogens is 103 g/mol. The highest BCUT2D eigenvalue weighted by molar-refractivity contribution is 7.37. The second-order valence-electron chi connectivity index (χ2n) is 2.16. The number of hydrogen-bond acceptors (Lipinski definition) is 0. The Morgan fingerprint density at radius 2 is 1.29 bits per heavy atom. The summed E-state index contributed by atoms with van der Waals surface area (Å²) in [5.74, 6) is 0. The van der Waals surface area contributed by atoms with Gasteiger partial charge < -0.3 is 0 Å². The Bertz CT molecular complexity index is 23.8. The van der Waals surface area contributed by atoms with Gasteiger partial charge in [0.15, 0.2) is 0 Å². The Labute approximate surface area is 47.5 Å². The fraction of sp³-hybridized carbons (Fsp3) is 1.00. The van der Waals surface area contributed by atoms with Crippen molar-refractivity contribution in [2.24, 2.45) is 0 Å². The molecule has 0 amide bonds. The number of rotatable bonds is 0. The summed E-state index contributed by atoms with van der Waals surface area (Å²) in [5, 5.41) is 0. The van der Waals surface area contributed by atoms with Gasteiger partial charge in [0.25, 0.3) is 0 Å². The topological polar surface area (TPSA) is 0 Å². The van der Waals surface area contributed by atoms with Crippen LogP contribution in [-0.4, -0.2) is 12.3 Å². The van der Waals surface area contributed by atoms with Gasteiger partial charge in [-0.1, -0.05) is 12.8 Å². The third-order valence-corrected chi connectivity index (χ3v) is 2.87. The van der Waals surface area contributed by atoms with Crippen molar-refractivity contribution in [1.82, 2.24) is 0 Å². The van der Waals surface area contributed by atoms with Gasteiger partial charge in [-0.15, -0.1) is 8.58 Å². The molecule has 1 heteroatoms. The number of hydrogen-bond donors (Lipinski definition) is 0. The predicted molar refractivity (Wildman–Crippen MR) is 36.5 cm³/mol. The molecule has 1 aliphatic heterocycles. The molecule has 0 spiro atoms. The molecule has 1 saturated heterocycles. The summed E-state index contributed by atoms with van der Waals surface area (Å²) < 4.78 is 0. The van der Waals surface area contributed by atoms with E-state index in [1.807, 2.05) is 0 Å². The summed E-state index contributed by atoms with van der Waals surface area (Å²) in [6.45, 7) is 0. The van der Waals surface area contributed by atoms with Crippen LogP contribution in [0.2, 0.25) is 0 Å². The smallest absolute Gasteiger partial charge is 0.0353 e. The van der Waals surface area contributed by atoms with Gasteiger partial charge in [-0.25, -0.2) is 0 Å². The van der Waals surface area contributed by atoms with Crippen LogP contribution in [0.4, 0.5) is 0 Å². The maximum absolute atomic E-state index is 1.53. The lowest BCUT2D eigenvalue weighted by atomic mass is 10.2. The first-order valence-electron chi connectivity index (χ1n) is 3.21. The highest BCUT2D eigenvalue weighted by atomic mass is 31.1. The van der Waals surface area contributed by atoms with E-state index in [2.05, 4.69) is 0 Å². The molecule has 0 saturated carbocycles. The van der Waals surface area contributed by atoms with Crippen molar-refractivity contribution in [3.8, 4) is 0 Å². The van der Waals surface area contributed by atoms with Crippen LogP contribution in [0.25, 0.3) is 0 Å². The molecule has 0 N–H and O–H groups in total. The van der Waals surface area contributed by atoms with Crippen LogP contribution in [-0.2, 0) is 0 Å². The van der Waals surface area contributed by atoms with E-state index in [9.17, 15) is 0 Å². The zero-order valence-electron chi connectivity index (χ0n) is 4.74. The molecule has 7 heavy (non-hydrogen) atoms. The summed E-state index contributed by atoms with van der Waals surface area (Å²) in [4.78, 5) is 0. The average molecular weight is 116 g/mol. The van der Waals surface area contributed by atoms with Crippen molar-refractivity contribution in [3.05, 3.63) is 0 Å². The van der Waals surface area contributed by atoms with Gasteiger partial charge in [0.05, 0.1) is 0 Å². The van der Waals surface area contributed by atoms with Crippen LogP contribution >= 0.6 is 8.58 Å². The molecule has 1 fully saturated rings. The third-order valence-electron chi connectivity index (χ3n) is 1.46. The quantitative estimate of drug-likeness (QED) is 0.426. The van der Waals surface area contributed by atoms with Crippen molar-refractivity contribution in [2.75, 3.05) is 12.3 Å². The Kier molecular flexibility index (Phi) is 2.73. The van der Waals surface area contributed by atoms with Crippen LogP contribution in [0.5, 0.6) is 0 Å². The molecule has 0 atom stereocenters. The molecule has 42 valence electrons. The third kappa shape index (κ3) is 2.29. The predicted octanol–water partition coefficient (Wildman–Crippen LogP) is 2.24. The largest absolute Gasteiger partial charge is 0.122 e. The lowest BCUT2D eigenvalue weighted by Crippen LogP contribution is -1.70. The molecule has 0 aromatic carbocycles. The molecular formula is C6H13P. The monoisotopic (exact) mass is 116 g/mol. The molecule has 0 aromatic rings. The molecule has 0 bridgehead atoms. The molecule has 0 unspecified atom stereocenters. The van der Waals surface area contributed by atoms with Crippen LogP contribution in [0.15, 0.2) is 0 Å². The highest BCUT2D eigenvalue weighted by Gasteiger charge is 1.95. The molecule has 0 nitrogen and oxygen atoms in total. The van der Waals surface area contributed by atoms with Crippen LogP contribution in [0, 0.1) is 0 Å². The summed E-state index contributed by atoms with van der Waals surface area (Å²) in [5.41, 5.74) is 0. The fourth-order valence-electron chi connectivity index (χ4n) is 0.979. The van der Waals surface area contributed by atoms with Gasteiger partial charge in [-0.2, -0.15) is 0 Å². The zero-order valence-corrected chi connectivity index (χ0v) is 5.74. The van der Waals surface area contributed by atoms with Gasteiger partial charge in [0, 0.05) is 0 Å². The molecule has 0 aliphatic carbocycles. The van der Waals surface area contributed by atoms with Crippen LogP contribution < -0.4 is 0 Å². The Morgan fingerprint density at radius 1 is 0.714 bits per heavy atom. The molecule has 1 aliphatic rings. The summed E-state index contributed by atoms with van der Waals surface area (Å²) >= 11 is 0. The van der Waals surface area contributed by atoms with E-state index in [-0.39, 0.29) is 0 Å². The lowest BCUT2D eigenvalue weighted by Gasteiger charge is -1.87. The lowest BCUT2D eigenvalue weighted by molar-refractivity contribution is 0.726. The standard InChI is InChI=1S/C6H13P/c1-2-4-6-7-5-3-1/h7H,1-6H2. The minimum absolute atomic E-state index is 1.29. The van der Waals surface area contributed by atoms with Crippen molar-refractivity contribution in [1.29, 1.82) is 0 Å². The second kappa shape index (κ2) is 3.43. The Hall–Kier alpha value is 0.430. The van der Waals surface area contributed by atoms with Gasteiger partial charge in [-0.05, 0) is 25.2 Å². The van der Waals surface area contributed by atoms with E-state index in [0.717, 1.165) is 0 Å². The first-order chi connectivity index (χ1) is 3.50. The second-order valence-corrected chi connectivity index (χ2v) is 3.66. The van der Waals surface area contributed by atoms with Gasteiger partial charge in [0.2, 0.25) is 0 Å². The normalized spacial score (nSPS) is 24.0. The van der Waals surface area contributed by atoms with Crippen molar-refractivity contribution in [2.45, 2.75) is 25.7 Å². The molecule has 1 heterocycles. The SMILES string of the molecule is C1CCCPCC1. The average Bonchev–Trinajstić information content (AvgIpc) is 1.90. The summed E-state index contributed by atoms with van der Waals surface area (Å²) in [7, 11) is 1.29. The van der Waals surface area contributed by atoms with Crippen molar-refractivity contribution < 1.29 is 0 Å². The summed E-state index contributed by atoms with van der Waals surface area (Å²) in [6.07, 6.45) is 9.09. The highest BCUT2D eigenvalue weighted by Crippen LogP contribution is 2.20. The molecule has 0 radical (unpaired) electrons. The summed E-state index contributed by atoms with van der Waals surface area (Å²) in [6, 6.07) is 0. The minimum Gasteiger partial charge on any atom is -0.122 e. The molecule has 0 aromatic heterocycles. The van der Waals surface area contributed by atoms with E-state index in [0.29, 0.717) is 0 Å². The first kappa shape index (κ1) is 5.56. The van der Waals surface area contributed by atoms with E-state index >= 15 is 0 Å². The maximum atomic E-state index is 1.53. The Morgan fingerprint density at radius 3 is 1.86 bits per heavy atom. The van der Waals surface area contributed by atoms with E-state index < -0.39 is 0 Å². The van der Waals surface area contributed by atoms with Gasteiger partial charge in [-0.3, -0.25) is 0 Å². The van der Waals surface area contributed by atoms with Gasteiger partial charge in [0.1, 0.15) is 0 Å². The van der Waals surface area contributed by atoms with Crippen LogP contribution in [0.3, 0.4) is 0 Å². The van der Waals surface area contributed by atoms with E-state index in [1.54, 1.807) is 0 Å². The maximum Gasteiger partial charge on any atom is -0.0353 e. The van der Waals surface area contributed by atoms with E-state index in [1.165, 1.54) is 46.6 Å². The van der Waals surface area contributed by atoms with Gasteiger partial charge >= 0.3 is 0 Å². The van der Waals surface area contributed by atoms with Crippen molar-refractivity contribution in [3.63, 3.8) is 0 Å². The van der Waals surface area contributed by atoms with E-state index in [4.69, 9.17) is 0 Å². The van der Waals surface area contributed by atoms with Crippen LogP contribution in [0.1, 0.15) is 25.7 Å². The zero-order chi connectivity index (χ0) is 4.95. The minimum atomic E-state index is 1.29. The van der Waals surface area contributed by atoms with Crippen molar-refractivity contribution >= 4 is 8.58 Å². The first-order valence-corrected chi connectivity index (χ1v) is 4.62. The molecule has 1 rings (SSSR count).